The van der Waals surface area contributed by atoms with Gasteiger partial charge < -0.3 is 81.5 Å². The summed E-state index contributed by atoms with van der Waals surface area (Å²) in [5.41, 5.74) is 41.0. The van der Waals surface area contributed by atoms with Gasteiger partial charge in [0.15, 0.2) is 5.96 Å². The zero-order valence-electron chi connectivity index (χ0n) is 31.5. The molecule has 1 amide bonds. The van der Waals surface area contributed by atoms with Crippen LogP contribution in [0.2, 0.25) is 0 Å². The SMILES string of the molecule is CC(C)C[C@H](N)C(=O)O.CC[C@H](C)[C@H](N)C(=O)O.NC(=O)CC[C@H](N)C(=O)O.NC(N)=NCCC[C@H](N)C(=O)OC(=O)[C@@H]1CCCN1.N[C@@H](CO)C(=O)O. The molecule has 0 unspecified atom stereocenters. The lowest BCUT2D eigenvalue weighted by atomic mass is 10.0. The number of carbonyl (C=O) groups excluding carboxylic acids is 3. The number of aliphatic hydroxyl groups is 1. The van der Waals surface area contributed by atoms with Crippen LogP contribution in [-0.4, -0.2) is 129 Å². The number of aliphatic carboxylic acids is 4. The summed E-state index contributed by atoms with van der Waals surface area (Å²) in [5, 5.41) is 43.7. The summed E-state index contributed by atoms with van der Waals surface area (Å²) >= 11 is 0. The molecule has 1 heterocycles. The molecule has 1 aliphatic rings. The van der Waals surface area contributed by atoms with Crippen LogP contribution in [0.25, 0.3) is 0 Å². The van der Waals surface area contributed by atoms with Crippen molar-refractivity contribution in [1.82, 2.24) is 5.32 Å². The Labute approximate surface area is 314 Å². The van der Waals surface area contributed by atoms with Crippen molar-refractivity contribution >= 4 is 47.7 Å². The maximum absolute atomic E-state index is 11.6. The number of amides is 1. The van der Waals surface area contributed by atoms with Gasteiger partial charge in [-0.05, 0) is 56.9 Å². The van der Waals surface area contributed by atoms with Crippen LogP contribution < -0.4 is 51.2 Å². The summed E-state index contributed by atoms with van der Waals surface area (Å²) in [7, 11) is 0. The first-order chi connectivity index (χ1) is 24.8. The van der Waals surface area contributed by atoms with Crippen molar-refractivity contribution in [1.29, 1.82) is 0 Å². The van der Waals surface area contributed by atoms with E-state index in [4.69, 9.17) is 76.1 Å². The molecule has 0 aromatic rings. The summed E-state index contributed by atoms with van der Waals surface area (Å²) in [6, 6.07) is -4.72. The zero-order valence-corrected chi connectivity index (χ0v) is 31.5. The topological polar surface area (TPSA) is 462 Å². The van der Waals surface area contributed by atoms with E-state index >= 15 is 0 Å². The van der Waals surface area contributed by atoms with Gasteiger partial charge in [-0.2, -0.15) is 0 Å². The van der Waals surface area contributed by atoms with Crippen LogP contribution in [-0.2, 0) is 38.3 Å². The molecule has 0 saturated carbocycles. The second-order valence-electron chi connectivity index (χ2n) is 12.3. The van der Waals surface area contributed by atoms with E-state index in [9.17, 15) is 33.6 Å². The van der Waals surface area contributed by atoms with E-state index in [1.807, 2.05) is 27.7 Å². The highest BCUT2D eigenvalue weighted by Crippen LogP contribution is 2.08. The number of rotatable bonds is 18. The van der Waals surface area contributed by atoms with Crippen molar-refractivity contribution in [3.63, 3.8) is 0 Å². The monoisotopic (exact) mass is 784 g/mol. The standard InChI is InChI=1S/C11H21N5O3.2C6H13NO2.C5H10N2O3.C3H7NO3/c12-7(3-1-6-16-11(13)14)9(17)19-10(18)8-4-2-5-15-8;1-4(2)3-5(7)6(8)9;1-3-4(2)5(7)6(8)9;6-3(5(9)10)1-2-4(7)8;4-2(1-5)3(6)7/h7-8,15H,1-6,12H2,(H4,13,14,16);2*4-5H,3,7H2,1-2H3,(H,8,9);3H,1-2,6H2,(H2,7,8)(H,9,10);2,5H,1,4H2,(H,6,7)/t7-,8-;5-;4-,5-;3-;2-/m00000/s1. The van der Waals surface area contributed by atoms with E-state index in [1.165, 1.54) is 0 Å². The number of primary amides is 1. The van der Waals surface area contributed by atoms with Crippen LogP contribution in [0.15, 0.2) is 4.99 Å². The highest BCUT2D eigenvalue weighted by atomic mass is 16.6. The maximum atomic E-state index is 11.6. The van der Waals surface area contributed by atoms with Crippen LogP contribution in [0, 0.1) is 11.8 Å². The van der Waals surface area contributed by atoms with Crippen molar-refractivity contribution in [3.05, 3.63) is 0 Å². The minimum Gasteiger partial charge on any atom is -0.480 e. The number of nitrogens with two attached hydrogens (primary N) is 8. The molecule has 0 spiro atoms. The lowest BCUT2D eigenvalue weighted by Crippen LogP contribution is -2.39. The minimum atomic E-state index is -1.18. The second kappa shape index (κ2) is 33.1. The molecule has 0 bridgehead atoms. The van der Waals surface area contributed by atoms with Gasteiger partial charge in [-0.25, -0.2) is 9.59 Å². The number of aliphatic hydroxyl groups excluding tert-OH is 1. The average Bonchev–Trinajstić information content (AvgIpc) is 3.64. The Bertz CT molecular complexity index is 1150. The number of aliphatic imine (C=N–C) groups is 1. The number of carbonyl (C=O) groups is 7. The van der Waals surface area contributed by atoms with E-state index in [1.54, 1.807) is 0 Å². The zero-order chi connectivity index (χ0) is 43.1. The van der Waals surface area contributed by atoms with Gasteiger partial charge in [0.1, 0.15) is 36.3 Å². The predicted molar refractivity (Wildman–Crippen MR) is 197 cm³/mol. The fourth-order valence-electron chi connectivity index (χ4n) is 3.37. The Hall–Kier alpha value is -4.52. The van der Waals surface area contributed by atoms with Crippen molar-refractivity contribution in [2.24, 2.45) is 62.7 Å². The molecule has 316 valence electrons. The third kappa shape index (κ3) is 34.6. The third-order valence-electron chi connectivity index (χ3n) is 6.93. The first-order valence-electron chi connectivity index (χ1n) is 17.0. The van der Waals surface area contributed by atoms with E-state index in [2.05, 4.69) is 10.3 Å². The van der Waals surface area contributed by atoms with E-state index in [0.717, 1.165) is 19.4 Å². The van der Waals surface area contributed by atoms with Crippen molar-refractivity contribution in [3.8, 4) is 0 Å². The lowest BCUT2D eigenvalue weighted by molar-refractivity contribution is -0.162. The normalized spacial score (nSPS) is 16.1. The summed E-state index contributed by atoms with van der Waals surface area (Å²) in [4.78, 5) is 77.0. The molecule has 54 heavy (non-hydrogen) atoms. The second-order valence-corrected chi connectivity index (χ2v) is 12.3. The van der Waals surface area contributed by atoms with Gasteiger partial charge in [0.2, 0.25) is 5.91 Å². The van der Waals surface area contributed by atoms with Gasteiger partial charge in [-0.15, -0.1) is 0 Å². The number of hydrogen-bond donors (Lipinski definition) is 14. The smallest absolute Gasteiger partial charge is 0.330 e. The van der Waals surface area contributed by atoms with Crippen LogP contribution in [0.3, 0.4) is 0 Å². The van der Waals surface area contributed by atoms with Gasteiger partial charge in [-0.3, -0.25) is 29.0 Å². The molecule has 22 N–H and O–H groups in total. The van der Waals surface area contributed by atoms with Gasteiger partial charge in [0.05, 0.1) is 6.61 Å². The van der Waals surface area contributed by atoms with Crippen LogP contribution in [0.5, 0.6) is 0 Å². The molecule has 0 aromatic carbocycles. The molecule has 23 heteroatoms. The van der Waals surface area contributed by atoms with Gasteiger partial charge >= 0.3 is 35.8 Å². The van der Waals surface area contributed by atoms with Crippen molar-refractivity contribution < 1.29 is 63.8 Å². The summed E-state index contributed by atoms with van der Waals surface area (Å²) in [6.07, 6.45) is 3.98. The molecule has 1 aliphatic heterocycles. The number of hydrogen-bond acceptors (Lipinski definition) is 16. The first-order valence-corrected chi connectivity index (χ1v) is 17.0. The average molecular weight is 785 g/mol. The molecule has 1 fully saturated rings. The minimum absolute atomic E-state index is 0.00127. The molecule has 23 nitrogen and oxygen atoms in total. The van der Waals surface area contributed by atoms with Crippen LogP contribution in [0.4, 0.5) is 0 Å². The maximum Gasteiger partial charge on any atom is 0.330 e. The van der Waals surface area contributed by atoms with Crippen LogP contribution >= 0.6 is 0 Å². The lowest BCUT2D eigenvalue weighted by Gasteiger charge is -2.12. The fourth-order valence-corrected chi connectivity index (χ4v) is 3.37. The third-order valence-corrected chi connectivity index (χ3v) is 6.93. The quantitative estimate of drug-likeness (QED) is 0.0208. The number of esters is 2. The predicted octanol–water partition coefficient (Wildman–Crippen LogP) is -3.87. The number of ether oxygens (including phenoxy) is 1. The highest BCUT2D eigenvalue weighted by molar-refractivity contribution is 5.90. The molecule has 0 aromatic heterocycles. The highest BCUT2D eigenvalue weighted by Gasteiger charge is 2.27. The van der Waals surface area contributed by atoms with E-state index in [0.29, 0.717) is 38.1 Å². The molecule has 7 atom stereocenters. The molecule has 1 saturated heterocycles. The Morgan fingerprint density at radius 3 is 1.59 bits per heavy atom. The number of carboxylic acids is 4. The summed E-state index contributed by atoms with van der Waals surface area (Å²) in [5.74, 6) is -5.48. The van der Waals surface area contributed by atoms with Crippen molar-refractivity contribution in [2.45, 2.75) is 115 Å². The number of nitrogens with zero attached hydrogens (tertiary/aromatic N) is 1. The summed E-state index contributed by atoms with van der Waals surface area (Å²) in [6.45, 7) is 8.30. The fraction of sp³-hybridized carbons (Fsp3) is 0.742. The van der Waals surface area contributed by atoms with Crippen LogP contribution in [0.1, 0.15) is 79.1 Å². The molecule has 0 radical (unpaired) electrons. The van der Waals surface area contributed by atoms with Gasteiger partial charge in [-0.1, -0.05) is 34.1 Å². The molecule has 0 aliphatic carbocycles. The van der Waals surface area contributed by atoms with E-state index in [-0.39, 0.29) is 24.7 Å². The Balaban J connectivity index is -0.000000308. The molecule has 1 rings (SSSR count). The number of nitrogens with one attached hydrogen (secondary N) is 1. The van der Waals surface area contributed by atoms with E-state index < -0.39 is 84.6 Å². The number of guanidine groups is 1. The number of carboxylic acid groups (broad SMARTS) is 4. The van der Waals surface area contributed by atoms with Crippen molar-refractivity contribution in [2.75, 3.05) is 19.7 Å². The largest absolute Gasteiger partial charge is 0.480 e. The summed E-state index contributed by atoms with van der Waals surface area (Å²) < 4.78 is 4.72. The Morgan fingerprint density at radius 1 is 0.778 bits per heavy atom. The molecular weight excluding hydrogens is 720 g/mol. The first kappa shape index (κ1) is 56.2. The molecular formula is C31H64N10O13. The Morgan fingerprint density at radius 2 is 1.30 bits per heavy atom. The van der Waals surface area contributed by atoms with Gasteiger partial charge in [0, 0.05) is 13.0 Å². The Kier molecular flexibility index (Phi) is 34.4. The van der Waals surface area contributed by atoms with Gasteiger partial charge in [0.25, 0.3) is 0 Å².